The molecule has 0 bridgehead atoms. The van der Waals surface area contributed by atoms with Gasteiger partial charge in [0.15, 0.2) is 0 Å². The molecule has 0 aliphatic rings. The third-order valence-corrected chi connectivity index (χ3v) is 3.55. The Kier molecular flexibility index (Phi) is 3.23. The van der Waals surface area contributed by atoms with Crippen LogP contribution in [0.3, 0.4) is 0 Å². The van der Waals surface area contributed by atoms with Crippen LogP contribution in [-0.4, -0.2) is 9.78 Å². The second-order valence-corrected chi connectivity index (χ2v) is 4.96. The molecule has 0 unspecified atom stereocenters. The van der Waals surface area contributed by atoms with Crippen molar-refractivity contribution in [3.05, 3.63) is 44.6 Å². The van der Waals surface area contributed by atoms with Crippen molar-refractivity contribution < 1.29 is 0 Å². The Labute approximate surface area is 113 Å². The van der Waals surface area contributed by atoms with E-state index in [9.17, 15) is 0 Å². The lowest BCUT2D eigenvalue weighted by atomic mass is 10.2. The molecule has 0 aliphatic carbocycles. The van der Waals surface area contributed by atoms with Gasteiger partial charge in [0, 0.05) is 4.47 Å². The van der Waals surface area contributed by atoms with Crippen LogP contribution in [0.4, 0.5) is 0 Å². The molecule has 2 rings (SSSR count). The fraction of sp³-hybridized carbons (Fsp3) is 0.167. The van der Waals surface area contributed by atoms with E-state index >= 15 is 0 Å². The summed E-state index contributed by atoms with van der Waals surface area (Å²) in [5.74, 6) is 0. The van der Waals surface area contributed by atoms with Crippen LogP contribution in [0, 0.1) is 25.2 Å². The first-order valence-corrected chi connectivity index (χ1v) is 6.13. The largest absolute Gasteiger partial charge is 0.235 e. The molecule has 0 radical (unpaired) electrons. The number of nitriles is 1. The topological polar surface area (TPSA) is 41.6 Å². The van der Waals surface area contributed by atoms with Crippen molar-refractivity contribution in [1.82, 2.24) is 9.78 Å². The Morgan fingerprint density at radius 2 is 2.12 bits per heavy atom. The Bertz CT molecular complexity index is 625. The third-order valence-electron chi connectivity index (χ3n) is 2.51. The van der Waals surface area contributed by atoms with Crippen molar-refractivity contribution in [2.75, 3.05) is 0 Å². The second-order valence-electron chi connectivity index (χ2n) is 3.67. The maximum atomic E-state index is 9.13. The van der Waals surface area contributed by atoms with Gasteiger partial charge in [-0.2, -0.15) is 10.4 Å². The summed E-state index contributed by atoms with van der Waals surface area (Å²) in [4.78, 5) is 0. The number of aryl methyl sites for hydroxylation is 1. The van der Waals surface area contributed by atoms with E-state index in [2.05, 4.69) is 27.1 Å². The number of hydrogen-bond acceptors (Lipinski definition) is 2. The van der Waals surface area contributed by atoms with E-state index < -0.39 is 0 Å². The van der Waals surface area contributed by atoms with E-state index in [4.69, 9.17) is 16.9 Å². The zero-order valence-corrected chi connectivity index (χ0v) is 11.7. The first-order chi connectivity index (χ1) is 8.04. The Morgan fingerprint density at radius 3 is 2.65 bits per heavy atom. The van der Waals surface area contributed by atoms with Gasteiger partial charge in [0.2, 0.25) is 0 Å². The van der Waals surface area contributed by atoms with Crippen LogP contribution in [0.25, 0.3) is 5.69 Å². The van der Waals surface area contributed by atoms with E-state index in [1.807, 2.05) is 26.0 Å². The van der Waals surface area contributed by atoms with E-state index in [-0.39, 0.29) is 0 Å². The molecular weight excluding hydrogens is 302 g/mol. The summed E-state index contributed by atoms with van der Waals surface area (Å²) in [6, 6.07) is 7.64. The molecule has 0 atom stereocenters. The van der Waals surface area contributed by atoms with E-state index in [0.29, 0.717) is 10.6 Å². The van der Waals surface area contributed by atoms with Gasteiger partial charge < -0.3 is 0 Å². The maximum Gasteiger partial charge on any atom is 0.101 e. The van der Waals surface area contributed by atoms with Gasteiger partial charge in [-0.1, -0.05) is 27.5 Å². The molecule has 86 valence electrons. The molecule has 1 aromatic carbocycles. The smallest absolute Gasteiger partial charge is 0.101 e. The molecule has 1 aromatic heterocycles. The molecular formula is C12H9BrClN3. The number of rotatable bonds is 1. The summed E-state index contributed by atoms with van der Waals surface area (Å²) in [7, 11) is 0. The normalized spacial score (nSPS) is 10.3. The fourth-order valence-electron chi connectivity index (χ4n) is 1.64. The van der Waals surface area contributed by atoms with E-state index in [1.165, 1.54) is 0 Å². The molecule has 3 nitrogen and oxygen atoms in total. The van der Waals surface area contributed by atoms with Gasteiger partial charge in [-0.15, -0.1) is 0 Å². The van der Waals surface area contributed by atoms with Gasteiger partial charge >= 0.3 is 0 Å². The summed E-state index contributed by atoms with van der Waals surface area (Å²) < 4.78 is 2.56. The monoisotopic (exact) mass is 309 g/mol. The first-order valence-electron chi connectivity index (χ1n) is 4.96. The number of aromatic nitrogens is 2. The average molecular weight is 311 g/mol. The first kappa shape index (κ1) is 12.2. The summed E-state index contributed by atoms with van der Waals surface area (Å²) in [5.41, 5.74) is 2.89. The molecule has 0 saturated heterocycles. The van der Waals surface area contributed by atoms with Crippen molar-refractivity contribution >= 4 is 27.5 Å². The second kappa shape index (κ2) is 4.52. The highest BCUT2D eigenvalue weighted by Gasteiger charge is 2.13. The molecule has 0 spiro atoms. The van der Waals surface area contributed by atoms with Crippen LogP contribution >= 0.6 is 27.5 Å². The van der Waals surface area contributed by atoms with Gasteiger partial charge in [-0.3, -0.25) is 0 Å². The van der Waals surface area contributed by atoms with Crippen molar-refractivity contribution in [1.29, 1.82) is 5.26 Å². The Hall–Kier alpha value is -1.31. The van der Waals surface area contributed by atoms with Gasteiger partial charge in [0.05, 0.1) is 27.7 Å². The quantitative estimate of drug-likeness (QED) is 0.804. The molecule has 2 aromatic rings. The van der Waals surface area contributed by atoms with Crippen molar-refractivity contribution in [3.63, 3.8) is 0 Å². The number of benzene rings is 1. The predicted octanol–water partition coefficient (Wildman–Crippen LogP) is 3.78. The molecule has 1 heterocycles. The molecule has 0 N–H and O–H groups in total. The van der Waals surface area contributed by atoms with E-state index in [1.54, 1.807) is 10.7 Å². The lowest BCUT2D eigenvalue weighted by molar-refractivity contribution is 0.831. The molecule has 0 aliphatic heterocycles. The lowest BCUT2D eigenvalue weighted by Crippen LogP contribution is -2.01. The van der Waals surface area contributed by atoms with Gasteiger partial charge in [0.1, 0.15) is 6.07 Å². The van der Waals surface area contributed by atoms with Crippen molar-refractivity contribution in [2.24, 2.45) is 0 Å². The van der Waals surface area contributed by atoms with Crippen molar-refractivity contribution in [3.8, 4) is 11.8 Å². The van der Waals surface area contributed by atoms with Crippen LogP contribution in [0.1, 0.15) is 17.0 Å². The standard InChI is InChI=1S/C12H9BrClN3/c1-7-12(14)8(2)17(16-7)11-4-3-10(13)5-9(11)6-15/h3-5H,1-2H3. The fourth-order valence-corrected chi connectivity index (χ4v) is 2.12. The summed E-state index contributed by atoms with van der Waals surface area (Å²) in [6.07, 6.45) is 0. The Morgan fingerprint density at radius 1 is 1.41 bits per heavy atom. The molecule has 17 heavy (non-hydrogen) atoms. The number of halogens is 2. The molecule has 0 fully saturated rings. The third kappa shape index (κ3) is 2.08. The minimum absolute atomic E-state index is 0.557. The minimum Gasteiger partial charge on any atom is -0.235 e. The average Bonchev–Trinajstić information content (AvgIpc) is 2.57. The zero-order chi connectivity index (χ0) is 12.6. The molecule has 5 heteroatoms. The highest BCUT2D eigenvalue weighted by molar-refractivity contribution is 9.10. The number of hydrogen-bond donors (Lipinski definition) is 0. The van der Waals surface area contributed by atoms with Gasteiger partial charge in [-0.05, 0) is 32.0 Å². The van der Waals surface area contributed by atoms with Crippen LogP contribution < -0.4 is 0 Å². The number of nitrogens with zero attached hydrogens (tertiary/aromatic N) is 3. The van der Waals surface area contributed by atoms with Crippen LogP contribution in [0.2, 0.25) is 5.02 Å². The SMILES string of the molecule is Cc1nn(-c2ccc(Br)cc2C#N)c(C)c1Cl. The highest BCUT2D eigenvalue weighted by Crippen LogP contribution is 2.25. The summed E-state index contributed by atoms with van der Waals surface area (Å²) in [6.45, 7) is 3.72. The van der Waals surface area contributed by atoms with Crippen molar-refractivity contribution in [2.45, 2.75) is 13.8 Å². The minimum atomic E-state index is 0.557. The Balaban J connectivity index is 2.69. The summed E-state index contributed by atoms with van der Waals surface area (Å²) in [5, 5.41) is 14.1. The lowest BCUT2D eigenvalue weighted by Gasteiger charge is -2.06. The van der Waals surface area contributed by atoms with Crippen LogP contribution in [-0.2, 0) is 0 Å². The van der Waals surface area contributed by atoms with Crippen LogP contribution in [0.15, 0.2) is 22.7 Å². The molecule has 0 saturated carbocycles. The van der Waals surface area contributed by atoms with Gasteiger partial charge in [0.25, 0.3) is 0 Å². The van der Waals surface area contributed by atoms with E-state index in [0.717, 1.165) is 21.5 Å². The maximum absolute atomic E-state index is 9.13. The molecule has 0 amide bonds. The van der Waals surface area contributed by atoms with Crippen LogP contribution in [0.5, 0.6) is 0 Å². The summed E-state index contributed by atoms with van der Waals surface area (Å²) >= 11 is 9.44. The zero-order valence-electron chi connectivity index (χ0n) is 9.33. The van der Waals surface area contributed by atoms with Gasteiger partial charge in [-0.25, -0.2) is 4.68 Å². The predicted molar refractivity (Wildman–Crippen MR) is 70.5 cm³/mol. The highest BCUT2D eigenvalue weighted by atomic mass is 79.9.